The molecule has 0 aliphatic carbocycles. The van der Waals surface area contributed by atoms with E-state index in [0.29, 0.717) is 23.3 Å². The summed E-state index contributed by atoms with van der Waals surface area (Å²) in [5, 5.41) is 4.71. The van der Waals surface area contributed by atoms with Crippen molar-refractivity contribution in [2.24, 2.45) is 0 Å². The monoisotopic (exact) mass is 343 g/mol. The fourth-order valence-corrected chi connectivity index (χ4v) is 2.53. The third-order valence-electron chi connectivity index (χ3n) is 3.56. The molecule has 0 unspecified atom stereocenters. The molecule has 24 heavy (non-hydrogen) atoms. The molecule has 0 aliphatic rings. The van der Waals surface area contributed by atoms with Crippen LogP contribution in [0.15, 0.2) is 53.1 Å². The second kappa shape index (κ2) is 7.47. The summed E-state index contributed by atoms with van der Waals surface area (Å²) < 4.78 is 10.6. The molecule has 0 saturated heterocycles. The predicted molar refractivity (Wildman–Crippen MR) is 92.9 cm³/mol. The van der Waals surface area contributed by atoms with Crippen LogP contribution >= 0.6 is 11.6 Å². The lowest BCUT2D eigenvalue weighted by molar-refractivity contribution is 0.260. The van der Waals surface area contributed by atoms with Crippen molar-refractivity contribution in [1.29, 1.82) is 0 Å². The van der Waals surface area contributed by atoms with Crippen molar-refractivity contribution in [1.82, 2.24) is 15.0 Å². The molecule has 0 fully saturated rings. The number of hydrogen-bond donors (Lipinski definition) is 0. The Labute approximate surface area is 145 Å². The number of methoxy groups -OCH3 is 1. The van der Waals surface area contributed by atoms with E-state index in [2.05, 4.69) is 21.1 Å². The van der Waals surface area contributed by atoms with Gasteiger partial charge in [-0.15, -0.1) is 0 Å². The number of benzene rings is 2. The summed E-state index contributed by atoms with van der Waals surface area (Å²) in [5.41, 5.74) is 2.04. The van der Waals surface area contributed by atoms with E-state index in [1.165, 1.54) is 0 Å². The van der Waals surface area contributed by atoms with E-state index in [1.807, 2.05) is 49.5 Å². The topological polar surface area (TPSA) is 51.4 Å². The van der Waals surface area contributed by atoms with Gasteiger partial charge in [0, 0.05) is 17.1 Å². The minimum Gasteiger partial charge on any atom is -0.497 e. The van der Waals surface area contributed by atoms with Crippen LogP contribution in [0, 0.1) is 0 Å². The molecule has 0 bridgehead atoms. The highest BCUT2D eigenvalue weighted by molar-refractivity contribution is 6.30. The van der Waals surface area contributed by atoms with E-state index in [4.69, 9.17) is 20.9 Å². The van der Waals surface area contributed by atoms with Crippen LogP contribution in [-0.4, -0.2) is 29.2 Å². The van der Waals surface area contributed by atoms with E-state index < -0.39 is 0 Å². The molecule has 1 heterocycles. The van der Waals surface area contributed by atoms with Gasteiger partial charge in [0.25, 0.3) is 0 Å². The molecule has 0 spiro atoms. The molecule has 0 atom stereocenters. The summed E-state index contributed by atoms with van der Waals surface area (Å²) in [4.78, 5) is 6.54. The maximum Gasteiger partial charge on any atom is 0.241 e. The highest BCUT2D eigenvalue weighted by atomic mass is 35.5. The first kappa shape index (κ1) is 16.5. The van der Waals surface area contributed by atoms with Crippen molar-refractivity contribution in [3.63, 3.8) is 0 Å². The quantitative estimate of drug-likeness (QED) is 0.676. The molecule has 3 rings (SSSR count). The molecule has 1 aromatic heterocycles. The van der Waals surface area contributed by atoms with Gasteiger partial charge >= 0.3 is 0 Å². The Kier molecular flexibility index (Phi) is 5.13. The highest BCUT2D eigenvalue weighted by Gasteiger charge is 2.11. The normalized spacial score (nSPS) is 11.0. The number of hydrogen-bond acceptors (Lipinski definition) is 5. The van der Waals surface area contributed by atoms with Gasteiger partial charge in [0.15, 0.2) is 0 Å². The van der Waals surface area contributed by atoms with Gasteiger partial charge in [-0.1, -0.05) is 28.9 Å². The first-order chi connectivity index (χ1) is 11.6. The van der Waals surface area contributed by atoms with Crippen LogP contribution in [0.1, 0.15) is 11.5 Å². The summed E-state index contributed by atoms with van der Waals surface area (Å²) in [5.74, 6) is 1.99. The van der Waals surface area contributed by atoms with Crippen molar-refractivity contribution >= 4 is 11.6 Å². The van der Waals surface area contributed by atoms with Gasteiger partial charge in [0.1, 0.15) is 5.75 Å². The summed E-state index contributed by atoms with van der Waals surface area (Å²) in [7, 11) is 3.67. The van der Waals surface area contributed by atoms with Crippen LogP contribution < -0.4 is 4.74 Å². The number of halogens is 1. The van der Waals surface area contributed by atoms with Crippen molar-refractivity contribution < 1.29 is 9.26 Å². The summed E-state index contributed by atoms with van der Waals surface area (Å²) >= 11 is 5.89. The van der Waals surface area contributed by atoms with Gasteiger partial charge in [0.2, 0.25) is 11.7 Å². The average Bonchev–Trinajstić information content (AvgIpc) is 3.04. The van der Waals surface area contributed by atoms with Gasteiger partial charge < -0.3 is 9.26 Å². The Balaban J connectivity index is 1.64. The first-order valence-corrected chi connectivity index (χ1v) is 7.92. The SMILES string of the molecule is COc1cccc(CN(C)Cc2nc(-c3ccc(Cl)cc3)no2)c1. The Bertz CT molecular complexity index is 802. The van der Waals surface area contributed by atoms with E-state index in [-0.39, 0.29) is 0 Å². The smallest absolute Gasteiger partial charge is 0.241 e. The third kappa shape index (κ3) is 4.13. The number of ether oxygens (including phenoxy) is 1. The van der Waals surface area contributed by atoms with Crippen LogP contribution in [0.2, 0.25) is 5.02 Å². The zero-order valence-electron chi connectivity index (χ0n) is 13.6. The third-order valence-corrected chi connectivity index (χ3v) is 3.81. The number of aromatic nitrogens is 2. The standard InChI is InChI=1S/C18H18ClN3O2/c1-22(11-13-4-3-5-16(10-13)23-2)12-17-20-18(21-24-17)14-6-8-15(19)9-7-14/h3-10H,11-12H2,1-2H3. The highest BCUT2D eigenvalue weighted by Crippen LogP contribution is 2.19. The van der Waals surface area contributed by atoms with Crippen molar-refractivity contribution in [3.05, 3.63) is 65.0 Å². The fraction of sp³-hybridized carbons (Fsp3) is 0.222. The van der Waals surface area contributed by atoms with Crippen molar-refractivity contribution in [2.75, 3.05) is 14.2 Å². The minimum absolute atomic E-state index is 0.566. The Hall–Kier alpha value is -2.37. The van der Waals surface area contributed by atoms with E-state index in [0.717, 1.165) is 23.4 Å². The van der Waals surface area contributed by atoms with Crippen molar-refractivity contribution in [2.45, 2.75) is 13.1 Å². The maximum atomic E-state index is 5.89. The number of rotatable bonds is 6. The van der Waals surface area contributed by atoms with Crippen LogP contribution in [0.4, 0.5) is 0 Å². The van der Waals surface area contributed by atoms with Gasteiger partial charge in [0.05, 0.1) is 13.7 Å². The van der Waals surface area contributed by atoms with Gasteiger partial charge in [-0.2, -0.15) is 4.98 Å². The molecule has 124 valence electrons. The fourth-order valence-electron chi connectivity index (χ4n) is 2.40. The Morgan fingerprint density at radius 2 is 1.92 bits per heavy atom. The van der Waals surface area contributed by atoms with Crippen molar-refractivity contribution in [3.8, 4) is 17.1 Å². The zero-order chi connectivity index (χ0) is 16.9. The molecule has 0 radical (unpaired) electrons. The molecule has 0 amide bonds. The Morgan fingerprint density at radius 3 is 2.67 bits per heavy atom. The summed E-state index contributed by atoms with van der Waals surface area (Å²) in [6.07, 6.45) is 0. The maximum absolute atomic E-state index is 5.89. The van der Waals surface area contributed by atoms with Crippen LogP contribution in [0.25, 0.3) is 11.4 Å². The predicted octanol–water partition coefficient (Wildman–Crippen LogP) is 4.03. The van der Waals surface area contributed by atoms with Gasteiger partial charge in [-0.05, 0) is 49.0 Å². The largest absolute Gasteiger partial charge is 0.497 e. The second-order valence-corrected chi connectivity index (χ2v) is 5.98. The minimum atomic E-state index is 0.566. The molecule has 0 aliphatic heterocycles. The summed E-state index contributed by atoms with van der Waals surface area (Å²) in [6, 6.07) is 15.3. The number of nitrogens with zero attached hydrogens (tertiary/aromatic N) is 3. The van der Waals surface area contributed by atoms with E-state index in [1.54, 1.807) is 7.11 Å². The second-order valence-electron chi connectivity index (χ2n) is 5.54. The summed E-state index contributed by atoms with van der Waals surface area (Å²) in [6.45, 7) is 1.33. The van der Waals surface area contributed by atoms with Crippen LogP contribution in [-0.2, 0) is 13.1 Å². The Morgan fingerprint density at radius 1 is 1.12 bits per heavy atom. The molecule has 0 saturated carbocycles. The molecular formula is C18H18ClN3O2. The van der Waals surface area contributed by atoms with E-state index in [9.17, 15) is 0 Å². The lowest BCUT2D eigenvalue weighted by Gasteiger charge is -2.14. The van der Waals surface area contributed by atoms with Gasteiger partial charge in [-0.25, -0.2) is 0 Å². The molecule has 3 aromatic rings. The lowest BCUT2D eigenvalue weighted by Crippen LogP contribution is -2.17. The molecule has 5 nitrogen and oxygen atoms in total. The molecule has 6 heteroatoms. The lowest BCUT2D eigenvalue weighted by atomic mass is 10.2. The van der Waals surface area contributed by atoms with Crippen LogP contribution in [0.5, 0.6) is 5.75 Å². The van der Waals surface area contributed by atoms with Crippen LogP contribution in [0.3, 0.4) is 0 Å². The molecular weight excluding hydrogens is 326 g/mol. The zero-order valence-corrected chi connectivity index (χ0v) is 14.3. The average molecular weight is 344 g/mol. The molecule has 0 N–H and O–H groups in total. The first-order valence-electron chi connectivity index (χ1n) is 7.54. The van der Waals surface area contributed by atoms with Gasteiger partial charge in [-0.3, -0.25) is 4.90 Å². The van der Waals surface area contributed by atoms with E-state index >= 15 is 0 Å². The molecule has 2 aromatic carbocycles.